The van der Waals surface area contributed by atoms with Gasteiger partial charge >= 0.3 is 0 Å². The van der Waals surface area contributed by atoms with Crippen LogP contribution in [0.15, 0.2) is 24.3 Å². The molecule has 0 spiro atoms. The Morgan fingerprint density at radius 2 is 2.20 bits per heavy atom. The van der Waals surface area contributed by atoms with Gasteiger partial charge < -0.3 is 15.2 Å². The van der Waals surface area contributed by atoms with Crippen molar-refractivity contribution < 1.29 is 9.47 Å². The summed E-state index contributed by atoms with van der Waals surface area (Å²) in [6.45, 7) is 8.67. The van der Waals surface area contributed by atoms with E-state index in [4.69, 9.17) is 15.2 Å². The average molecular weight is 278 g/mol. The van der Waals surface area contributed by atoms with Crippen molar-refractivity contribution in [2.75, 3.05) is 32.8 Å². The molecule has 0 aromatic heterocycles. The molecule has 1 aliphatic heterocycles. The molecule has 2 rings (SSSR count). The van der Waals surface area contributed by atoms with Crippen LogP contribution < -0.4 is 10.5 Å². The molecule has 2 N–H and O–H groups in total. The number of hydrogen-bond donors (Lipinski definition) is 1. The molecule has 0 bridgehead atoms. The Morgan fingerprint density at radius 1 is 1.40 bits per heavy atom. The Bertz CT molecular complexity index is 411. The molecule has 0 amide bonds. The molecule has 0 aliphatic carbocycles. The van der Waals surface area contributed by atoms with Crippen molar-refractivity contribution in [3.63, 3.8) is 0 Å². The first-order chi connectivity index (χ1) is 9.76. The maximum atomic E-state index is 6.43. The van der Waals surface area contributed by atoms with Gasteiger partial charge in [0.2, 0.25) is 0 Å². The van der Waals surface area contributed by atoms with Crippen molar-refractivity contribution in [3.8, 4) is 5.75 Å². The summed E-state index contributed by atoms with van der Waals surface area (Å²) in [7, 11) is 0. The molecule has 4 nitrogen and oxygen atoms in total. The fourth-order valence-electron chi connectivity index (χ4n) is 2.54. The SMILES string of the molecule is CCCOc1ccccc1C(N)C1CN(CC)CCO1. The van der Waals surface area contributed by atoms with Gasteiger partial charge in [-0.05, 0) is 19.0 Å². The van der Waals surface area contributed by atoms with Crippen LogP contribution in [0.25, 0.3) is 0 Å². The molecule has 4 heteroatoms. The first-order valence-electron chi connectivity index (χ1n) is 7.57. The van der Waals surface area contributed by atoms with E-state index in [9.17, 15) is 0 Å². The predicted molar refractivity (Wildman–Crippen MR) is 81.0 cm³/mol. The molecular weight excluding hydrogens is 252 g/mol. The summed E-state index contributed by atoms with van der Waals surface area (Å²) in [5, 5.41) is 0. The second-order valence-corrected chi connectivity index (χ2v) is 5.21. The van der Waals surface area contributed by atoms with E-state index in [1.807, 2.05) is 24.3 Å². The van der Waals surface area contributed by atoms with Gasteiger partial charge in [-0.2, -0.15) is 0 Å². The van der Waals surface area contributed by atoms with E-state index in [0.29, 0.717) is 0 Å². The number of hydrogen-bond acceptors (Lipinski definition) is 4. The number of rotatable bonds is 6. The first-order valence-corrected chi connectivity index (χ1v) is 7.57. The van der Waals surface area contributed by atoms with Gasteiger partial charge in [-0.15, -0.1) is 0 Å². The smallest absolute Gasteiger partial charge is 0.124 e. The number of likely N-dealkylation sites (N-methyl/N-ethyl adjacent to an activating group) is 1. The maximum absolute atomic E-state index is 6.43. The molecule has 1 aromatic carbocycles. The summed E-state index contributed by atoms with van der Waals surface area (Å²) in [6.07, 6.45) is 1.03. The summed E-state index contributed by atoms with van der Waals surface area (Å²) in [5.74, 6) is 0.888. The van der Waals surface area contributed by atoms with Gasteiger partial charge in [0.1, 0.15) is 5.75 Å². The minimum atomic E-state index is -0.141. The third kappa shape index (κ3) is 3.72. The van der Waals surface area contributed by atoms with Gasteiger partial charge in [-0.3, -0.25) is 4.90 Å². The topological polar surface area (TPSA) is 47.7 Å². The van der Waals surface area contributed by atoms with Gasteiger partial charge in [0.05, 0.1) is 25.4 Å². The largest absolute Gasteiger partial charge is 0.493 e. The number of nitrogens with two attached hydrogens (primary N) is 1. The van der Waals surface area contributed by atoms with E-state index in [1.165, 1.54) is 0 Å². The molecule has 0 radical (unpaired) electrons. The Morgan fingerprint density at radius 3 is 2.95 bits per heavy atom. The lowest BCUT2D eigenvalue weighted by Gasteiger charge is -2.35. The van der Waals surface area contributed by atoms with Crippen LogP contribution >= 0.6 is 0 Å². The van der Waals surface area contributed by atoms with Crippen LogP contribution in [-0.4, -0.2) is 43.9 Å². The van der Waals surface area contributed by atoms with E-state index in [1.54, 1.807) is 0 Å². The van der Waals surface area contributed by atoms with Crippen LogP contribution in [0.2, 0.25) is 0 Å². The predicted octanol–water partition coefficient (Wildman–Crippen LogP) is 2.20. The average Bonchev–Trinajstić information content (AvgIpc) is 2.52. The number of nitrogens with zero attached hydrogens (tertiary/aromatic N) is 1. The summed E-state index contributed by atoms with van der Waals surface area (Å²) < 4.78 is 11.7. The highest BCUT2D eigenvalue weighted by atomic mass is 16.5. The number of para-hydroxylation sites is 1. The van der Waals surface area contributed by atoms with Crippen LogP contribution in [0.1, 0.15) is 31.9 Å². The Labute approximate surface area is 121 Å². The fraction of sp³-hybridized carbons (Fsp3) is 0.625. The zero-order valence-corrected chi connectivity index (χ0v) is 12.5. The highest BCUT2D eigenvalue weighted by molar-refractivity contribution is 5.36. The highest BCUT2D eigenvalue weighted by Gasteiger charge is 2.27. The third-order valence-electron chi connectivity index (χ3n) is 3.77. The van der Waals surface area contributed by atoms with E-state index in [0.717, 1.165) is 50.6 Å². The molecule has 1 fully saturated rings. The molecule has 1 heterocycles. The third-order valence-corrected chi connectivity index (χ3v) is 3.77. The summed E-state index contributed by atoms with van der Waals surface area (Å²) in [4.78, 5) is 2.38. The van der Waals surface area contributed by atoms with Crippen LogP contribution in [0.3, 0.4) is 0 Å². The van der Waals surface area contributed by atoms with E-state index >= 15 is 0 Å². The van der Waals surface area contributed by atoms with Crippen LogP contribution in [-0.2, 0) is 4.74 Å². The molecule has 1 saturated heterocycles. The summed E-state index contributed by atoms with van der Waals surface area (Å²) >= 11 is 0. The molecule has 2 unspecified atom stereocenters. The van der Waals surface area contributed by atoms with Crippen molar-refractivity contribution in [2.45, 2.75) is 32.4 Å². The fourth-order valence-corrected chi connectivity index (χ4v) is 2.54. The molecule has 0 saturated carbocycles. The Hall–Kier alpha value is -1.10. The quantitative estimate of drug-likeness (QED) is 0.866. The van der Waals surface area contributed by atoms with E-state index in [-0.39, 0.29) is 12.1 Å². The van der Waals surface area contributed by atoms with Gasteiger partial charge in [0.15, 0.2) is 0 Å². The Balaban J connectivity index is 2.09. The summed E-state index contributed by atoms with van der Waals surface area (Å²) in [5.41, 5.74) is 7.47. The van der Waals surface area contributed by atoms with Gasteiger partial charge in [-0.1, -0.05) is 32.0 Å². The number of benzene rings is 1. The molecule has 1 aliphatic rings. The molecule has 2 atom stereocenters. The van der Waals surface area contributed by atoms with Crippen molar-refractivity contribution >= 4 is 0 Å². The standard InChI is InChI=1S/C16H26N2O2/c1-3-10-19-14-8-6-5-7-13(14)16(17)15-12-18(4-2)9-11-20-15/h5-8,15-16H,3-4,9-12,17H2,1-2H3. The van der Waals surface area contributed by atoms with Crippen molar-refractivity contribution in [3.05, 3.63) is 29.8 Å². The highest BCUT2D eigenvalue weighted by Crippen LogP contribution is 2.28. The van der Waals surface area contributed by atoms with Crippen molar-refractivity contribution in [1.29, 1.82) is 0 Å². The lowest BCUT2D eigenvalue weighted by molar-refractivity contribution is -0.0396. The maximum Gasteiger partial charge on any atom is 0.124 e. The van der Waals surface area contributed by atoms with Gasteiger partial charge in [-0.25, -0.2) is 0 Å². The number of morpholine rings is 1. The van der Waals surface area contributed by atoms with E-state index < -0.39 is 0 Å². The molecule has 1 aromatic rings. The van der Waals surface area contributed by atoms with Gasteiger partial charge in [0.25, 0.3) is 0 Å². The molecular formula is C16H26N2O2. The van der Waals surface area contributed by atoms with Crippen LogP contribution in [0.4, 0.5) is 0 Å². The van der Waals surface area contributed by atoms with Crippen LogP contribution in [0, 0.1) is 0 Å². The monoisotopic (exact) mass is 278 g/mol. The molecule has 20 heavy (non-hydrogen) atoms. The normalized spacial score (nSPS) is 21.6. The van der Waals surface area contributed by atoms with Gasteiger partial charge in [0, 0.05) is 18.7 Å². The zero-order valence-electron chi connectivity index (χ0n) is 12.5. The summed E-state index contributed by atoms with van der Waals surface area (Å²) in [6, 6.07) is 7.89. The lowest BCUT2D eigenvalue weighted by Crippen LogP contribution is -2.46. The van der Waals surface area contributed by atoms with Crippen molar-refractivity contribution in [2.24, 2.45) is 5.73 Å². The van der Waals surface area contributed by atoms with Crippen LogP contribution in [0.5, 0.6) is 5.75 Å². The zero-order chi connectivity index (χ0) is 14.4. The lowest BCUT2D eigenvalue weighted by atomic mass is 10.00. The second kappa shape index (κ2) is 7.62. The first kappa shape index (κ1) is 15.3. The Kier molecular flexibility index (Phi) is 5.83. The molecule has 112 valence electrons. The number of ether oxygens (including phenoxy) is 2. The van der Waals surface area contributed by atoms with Crippen molar-refractivity contribution in [1.82, 2.24) is 4.90 Å². The minimum absolute atomic E-state index is 0.0371. The van der Waals surface area contributed by atoms with E-state index in [2.05, 4.69) is 18.7 Å². The minimum Gasteiger partial charge on any atom is -0.493 e. The second-order valence-electron chi connectivity index (χ2n) is 5.21.